The number of nitrogens with zero attached hydrogens (tertiary/aromatic N) is 3. The Labute approximate surface area is 151 Å². The Bertz CT molecular complexity index is 846. The summed E-state index contributed by atoms with van der Waals surface area (Å²) in [6.45, 7) is 3.90. The molecule has 0 aliphatic heterocycles. The highest BCUT2D eigenvalue weighted by molar-refractivity contribution is 5.83. The van der Waals surface area contributed by atoms with Crippen LogP contribution in [0.4, 0.5) is 0 Å². The molecule has 1 heterocycles. The average molecular weight is 361 g/mol. The molecule has 0 radical (unpaired) electrons. The Morgan fingerprint density at radius 2 is 2.08 bits per heavy atom. The van der Waals surface area contributed by atoms with Crippen LogP contribution < -0.4 is 5.56 Å². The minimum Gasteiger partial charge on any atom is -0.465 e. The Morgan fingerprint density at radius 3 is 2.77 bits per heavy atom. The van der Waals surface area contributed by atoms with Crippen molar-refractivity contribution in [2.75, 3.05) is 33.4 Å². The van der Waals surface area contributed by atoms with Gasteiger partial charge in [-0.1, -0.05) is 12.1 Å². The van der Waals surface area contributed by atoms with E-state index in [0.717, 1.165) is 5.56 Å². The van der Waals surface area contributed by atoms with Crippen molar-refractivity contribution in [2.45, 2.75) is 20.4 Å². The summed E-state index contributed by atoms with van der Waals surface area (Å²) >= 11 is 0. The van der Waals surface area contributed by atoms with Crippen molar-refractivity contribution in [3.63, 3.8) is 0 Å². The highest BCUT2D eigenvalue weighted by Crippen LogP contribution is 2.11. The molecule has 0 saturated heterocycles. The van der Waals surface area contributed by atoms with Crippen molar-refractivity contribution in [3.8, 4) is 0 Å². The van der Waals surface area contributed by atoms with Crippen molar-refractivity contribution < 1.29 is 19.1 Å². The third kappa shape index (κ3) is 4.66. The summed E-state index contributed by atoms with van der Waals surface area (Å²) in [6.07, 6.45) is 1.36. The molecule has 0 atom stereocenters. The third-order valence-corrected chi connectivity index (χ3v) is 3.90. The van der Waals surface area contributed by atoms with E-state index < -0.39 is 5.97 Å². The van der Waals surface area contributed by atoms with Gasteiger partial charge >= 0.3 is 5.97 Å². The number of aromatic nitrogens is 2. The SMILES string of the molecule is CCOC(=O)CN(CCOC)C(=O)Cn1cnc2c(C)cccc2c1=O. The zero-order chi connectivity index (χ0) is 19.1. The van der Waals surface area contributed by atoms with E-state index in [9.17, 15) is 14.4 Å². The molecule has 0 saturated carbocycles. The molecule has 140 valence electrons. The lowest BCUT2D eigenvalue weighted by Crippen LogP contribution is -2.41. The fourth-order valence-electron chi connectivity index (χ4n) is 2.55. The maximum absolute atomic E-state index is 12.6. The van der Waals surface area contributed by atoms with Gasteiger partial charge < -0.3 is 14.4 Å². The minimum atomic E-state index is -0.503. The molecule has 8 nitrogen and oxygen atoms in total. The number of carbonyl (C=O) groups excluding carboxylic acids is 2. The van der Waals surface area contributed by atoms with E-state index >= 15 is 0 Å². The molecule has 0 N–H and O–H groups in total. The molecule has 1 aromatic carbocycles. The van der Waals surface area contributed by atoms with Crippen LogP contribution in [0.2, 0.25) is 0 Å². The molecule has 0 bridgehead atoms. The van der Waals surface area contributed by atoms with Crippen molar-refractivity contribution in [2.24, 2.45) is 0 Å². The Kier molecular flexibility index (Phi) is 6.85. The molecule has 26 heavy (non-hydrogen) atoms. The number of aryl methyl sites for hydroxylation is 1. The van der Waals surface area contributed by atoms with Gasteiger partial charge in [-0.3, -0.25) is 19.0 Å². The van der Waals surface area contributed by atoms with Gasteiger partial charge in [0.1, 0.15) is 13.1 Å². The first kappa shape index (κ1) is 19.6. The fourth-order valence-corrected chi connectivity index (χ4v) is 2.55. The first-order valence-corrected chi connectivity index (χ1v) is 8.35. The molecule has 0 aliphatic rings. The Hall–Kier alpha value is -2.74. The van der Waals surface area contributed by atoms with Gasteiger partial charge in [-0.25, -0.2) is 4.98 Å². The molecule has 0 fully saturated rings. The topological polar surface area (TPSA) is 90.7 Å². The summed E-state index contributed by atoms with van der Waals surface area (Å²) < 4.78 is 11.1. The van der Waals surface area contributed by atoms with E-state index in [1.54, 1.807) is 19.1 Å². The van der Waals surface area contributed by atoms with E-state index in [0.29, 0.717) is 10.9 Å². The van der Waals surface area contributed by atoms with Gasteiger partial charge in [0.25, 0.3) is 5.56 Å². The lowest BCUT2D eigenvalue weighted by atomic mass is 10.1. The number of benzene rings is 1. The molecule has 0 unspecified atom stereocenters. The van der Waals surface area contributed by atoms with Crippen LogP contribution in [0, 0.1) is 6.92 Å². The number of esters is 1. The number of fused-ring (bicyclic) bond motifs is 1. The second kappa shape index (κ2) is 9.10. The number of ether oxygens (including phenoxy) is 2. The minimum absolute atomic E-state index is 0.190. The van der Waals surface area contributed by atoms with Crippen LogP contribution in [0.3, 0.4) is 0 Å². The van der Waals surface area contributed by atoms with E-state index in [1.165, 1.54) is 22.9 Å². The predicted molar refractivity (Wildman–Crippen MR) is 95.8 cm³/mol. The van der Waals surface area contributed by atoms with Gasteiger partial charge in [-0.05, 0) is 25.5 Å². The molecular formula is C18H23N3O5. The highest BCUT2D eigenvalue weighted by atomic mass is 16.5. The quantitative estimate of drug-likeness (QED) is 0.644. The number of hydrogen-bond acceptors (Lipinski definition) is 6. The van der Waals surface area contributed by atoms with Crippen LogP contribution in [-0.2, 0) is 25.6 Å². The van der Waals surface area contributed by atoms with Gasteiger partial charge in [0.2, 0.25) is 5.91 Å². The standard InChI is InChI=1S/C18H23N3O5/c1-4-26-16(23)11-20(8-9-25-3)15(22)10-21-12-19-17-13(2)6-5-7-14(17)18(21)24/h5-7,12H,4,8-11H2,1-3H3. The molecule has 2 aromatic rings. The van der Waals surface area contributed by atoms with Crippen LogP contribution in [0.25, 0.3) is 10.9 Å². The van der Waals surface area contributed by atoms with Gasteiger partial charge in [0.05, 0.1) is 30.4 Å². The number of methoxy groups -OCH3 is 1. The molecule has 0 aliphatic carbocycles. The largest absolute Gasteiger partial charge is 0.465 e. The normalized spacial score (nSPS) is 10.7. The lowest BCUT2D eigenvalue weighted by Gasteiger charge is -2.21. The van der Waals surface area contributed by atoms with Crippen molar-refractivity contribution >= 4 is 22.8 Å². The maximum Gasteiger partial charge on any atom is 0.325 e. The molecule has 0 spiro atoms. The summed E-state index contributed by atoms with van der Waals surface area (Å²) in [4.78, 5) is 42.5. The smallest absolute Gasteiger partial charge is 0.325 e. The van der Waals surface area contributed by atoms with Gasteiger partial charge in [0, 0.05) is 13.7 Å². The number of amides is 1. The van der Waals surface area contributed by atoms with Crippen LogP contribution in [0.1, 0.15) is 12.5 Å². The first-order chi connectivity index (χ1) is 12.5. The van der Waals surface area contributed by atoms with Gasteiger partial charge in [-0.2, -0.15) is 0 Å². The van der Waals surface area contributed by atoms with Crippen LogP contribution in [0.15, 0.2) is 29.3 Å². The van der Waals surface area contributed by atoms with E-state index in [2.05, 4.69) is 4.98 Å². The second-order valence-electron chi connectivity index (χ2n) is 5.76. The highest BCUT2D eigenvalue weighted by Gasteiger charge is 2.19. The summed E-state index contributed by atoms with van der Waals surface area (Å²) in [6, 6.07) is 5.33. The van der Waals surface area contributed by atoms with Gasteiger partial charge in [-0.15, -0.1) is 0 Å². The Balaban J connectivity index is 2.22. The maximum atomic E-state index is 12.6. The number of hydrogen-bond donors (Lipinski definition) is 0. The molecular weight excluding hydrogens is 338 g/mol. The van der Waals surface area contributed by atoms with E-state index in [1.807, 2.05) is 13.0 Å². The number of para-hydroxylation sites is 1. The Morgan fingerprint density at radius 1 is 1.31 bits per heavy atom. The molecule has 8 heteroatoms. The van der Waals surface area contributed by atoms with Crippen LogP contribution >= 0.6 is 0 Å². The number of carbonyl (C=O) groups is 2. The zero-order valence-electron chi connectivity index (χ0n) is 15.2. The van der Waals surface area contributed by atoms with Crippen molar-refractivity contribution in [1.29, 1.82) is 0 Å². The number of rotatable bonds is 8. The van der Waals surface area contributed by atoms with Gasteiger partial charge in [0.15, 0.2) is 0 Å². The van der Waals surface area contributed by atoms with E-state index in [4.69, 9.17) is 9.47 Å². The monoisotopic (exact) mass is 361 g/mol. The molecule has 1 amide bonds. The summed E-state index contributed by atoms with van der Waals surface area (Å²) in [7, 11) is 1.51. The van der Waals surface area contributed by atoms with E-state index in [-0.39, 0.29) is 44.3 Å². The zero-order valence-corrected chi connectivity index (χ0v) is 15.2. The third-order valence-electron chi connectivity index (χ3n) is 3.90. The van der Waals surface area contributed by atoms with Crippen LogP contribution in [-0.4, -0.2) is 59.7 Å². The lowest BCUT2D eigenvalue weighted by molar-refractivity contribution is -0.149. The summed E-state index contributed by atoms with van der Waals surface area (Å²) in [5, 5.41) is 0.453. The average Bonchev–Trinajstić information content (AvgIpc) is 2.61. The van der Waals surface area contributed by atoms with Crippen LogP contribution in [0.5, 0.6) is 0 Å². The van der Waals surface area contributed by atoms with Crippen molar-refractivity contribution in [3.05, 3.63) is 40.4 Å². The summed E-state index contributed by atoms with van der Waals surface area (Å²) in [5.74, 6) is -0.887. The first-order valence-electron chi connectivity index (χ1n) is 8.35. The summed E-state index contributed by atoms with van der Waals surface area (Å²) in [5.41, 5.74) is 1.21. The fraction of sp³-hybridized carbons (Fsp3) is 0.444. The molecule has 2 rings (SSSR count). The second-order valence-corrected chi connectivity index (χ2v) is 5.76. The van der Waals surface area contributed by atoms with Crippen molar-refractivity contribution in [1.82, 2.24) is 14.5 Å². The predicted octanol–water partition coefficient (Wildman–Crippen LogP) is 0.743. The molecule has 1 aromatic heterocycles.